The van der Waals surface area contributed by atoms with E-state index in [2.05, 4.69) is 20.9 Å². The van der Waals surface area contributed by atoms with Crippen LogP contribution in [0.25, 0.3) is 5.65 Å². The summed E-state index contributed by atoms with van der Waals surface area (Å²) in [5.74, 6) is 0. The molecule has 3 aromatic rings. The van der Waals surface area contributed by atoms with Gasteiger partial charge in [-0.1, -0.05) is 6.07 Å². The zero-order valence-electron chi connectivity index (χ0n) is 12.6. The maximum atomic E-state index is 9.32. The van der Waals surface area contributed by atoms with E-state index in [1.165, 1.54) is 0 Å². The fourth-order valence-corrected chi connectivity index (χ4v) is 2.55. The molecule has 0 bridgehead atoms. The largest absolute Gasteiger partial charge is 0.395 e. The summed E-state index contributed by atoms with van der Waals surface area (Å²) < 4.78 is 1.92. The molecule has 3 heterocycles. The van der Waals surface area contributed by atoms with Crippen LogP contribution >= 0.6 is 0 Å². The lowest BCUT2D eigenvalue weighted by atomic mass is 10.2. The maximum Gasteiger partial charge on any atom is 0.137 e. The molecule has 0 aliphatic carbocycles. The minimum Gasteiger partial charge on any atom is -0.395 e. The van der Waals surface area contributed by atoms with Crippen molar-refractivity contribution in [3.63, 3.8) is 0 Å². The molecule has 116 valence electrons. The van der Waals surface area contributed by atoms with Crippen molar-refractivity contribution < 1.29 is 5.11 Å². The number of nitriles is 1. The second-order valence-electron chi connectivity index (χ2n) is 5.30. The normalized spacial score (nSPS) is 11.0. The van der Waals surface area contributed by atoms with Crippen molar-refractivity contribution in [3.05, 3.63) is 65.9 Å². The van der Waals surface area contributed by atoms with Gasteiger partial charge in [0.15, 0.2) is 0 Å². The first kappa shape index (κ1) is 15.2. The topological polar surface area (TPSA) is 77.5 Å². The first-order valence-electron chi connectivity index (χ1n) is 7.38. The van der Waals surface area contributed by atoms with Gasteiger partial charge < -0.3 is 9.51 Å². The van der Waals surface area contributed by atoms with Crippen LogP contribution in [0.15, 0.2) is 49.1 Å². The number of aromatic nitrogens is 3. The Morgan fingerprint density at radius 3 is 2.87 bits per heavy atom. The van der Waals surface area contributed by atoms with Gasteiger partial charge >= 0.3 is 0 Å². The average molecular weight is 307 g/mol. The molecule has 3 aromatic heterocycles. The van der Waals surface area contributed by atoms with E-state index in [-0.39, 0.29) is 6.61 Å². The Kier molecular flexibility index (Phi) is 4.62. The van der Waals surface area contributed by atoms with Gasteiger partial charge in [-0.25, -0.2) is 4.98 Å². The highest BCUT2D eigenvalue weighted by Crippen LogP contribution is 2.13. The smallest absolute Gasteiger partial charge is 0.137 e. The number of aliphatic hydroxyl groups is 1. The van der Waals surface area contributed by atoms with Gasteiger partial charge in [0.2, 0.25) is 0 Å². The Bertz CT molecular complexity index is 822. The van der Waals surface area contributed by atoms with Crippen LogP contribution in [0.2, 0.25) is 0 Å². The molecule has 0 aliphatic heterocycles. The van der Waals surface area contributed by atoms with Crippen molar-refractivity contribution in [1.82, 2.24) is 19.3 Å². The Labute approximate surface area is 134 Å². The van der Waals surface area contributed by atoms with Gasteiger partial charge in [0, 0.05) is 38.2 Å². The number of nitrogens with zero attached hydrogens (tertiary/aromatic N) is 5. The fraction of sp³-hybridized carbons (Fsp3) is 0.235. The summed E-state index contributed by atoms with van der Waals surface area (Å²) in [6, 6.07) is 9.65. The number of fused-ring (bicyclic) bond motifs is 1. The van der Waals surface area contributed by atoms with Crippen LogP contribution < -0.4 is 0 Å². The Morgan fingerprint density at radius 1 is 1.22 bits per heavy atom. The molecule has 0 atom stereocenters. The molecule has 6 heteroatoms. The van der Waals surface area contributed by atoms with Crippen molar-refractivity contribution >= 4 is 5.65 Å². The van der Waals surface area contributed by atoms with E-state index in [1.807, 2.05) is 35.0 Å². The molecule has 0 radical (unpaired) electrons. The number of pyridine rings is 2. The molecule has 0 aromatic carbocycles. The lowest BCUT2D eigenvalue weighted by molar-refractivity contribution is 0.182. The standard InChI is InChI=1S/C17H17N5O/c18-8-14-3-4-17-20-10-16(22(17)12-14)13-21(6-7-23)11-15-2-1-5-19-9-15/h1-5,9-10,12,23H,6-7,11,13H2. The van der Waals surface area contributed by atoms with Crippen molar-refractivity contribution in [3.8, 4) is 6.07 Å². The first-order valence-corrected chi connectivity index (χ1v) is 7.38. The number of aliphatic hydroxyl groups excluding tert-OH is 1. The molecule has 0 saturated heterocycles. The fourth-order valence-electron chi connectivity index (χ4n) is 2.55. The summed E-state index contributed by atoms with van der Waals surface area (Å²) in [5, 5.41) is 18.4. The van der Waals surface area contributed by atoms with Gasteiger partial charge in [-0.15, -0.1) is 0 Å². The molecule has 3 rings (SSSR count). The predicted molar refractivity (Wildman–Crippen MR) is 85.3 cm³/mol. The first-order chi connectivity index (χ1) is 11.3. The van der Waals surface area contributed by atoms with Crippen LogP contribution in [0, 0.1) is 11.3 Å². The van der Waals surface area contributed by atoms with E-state index in [4.69, 9.17) is 5.26 Å². The summed E-state index contributed by atoms with van der Waals surface area (Å²) in [6.45, 7) is 1.96. The third kappa shape index (κ3) is 3.54. The average Bonchev–Trinajstić information content (AvgIpc) is 2.98. The summed E-state index contributed by atoms with van der Waals surface area (Å²) >= 11 is 0. The molecule has 0 saturated carbocycles. The second-order valence-corrected chi connectivity index (χ2v) is 5.30. The Morgan fingerprint density at radius 2 is 2.13 bits per heavy atom. The quantitative estimate of drug-likeness (QED) is 0.748. The molecule has 0 unspecified atom stereocenters. The molecule has 0 fully saturated rings. The van der Waals surface area contributed by atoms with Crippen molar-refractivity contribution in [2.45, 2.75) is 13.1 Å². The van der Waals surface area contributed by atoms with E-state index in [0.717, 1.165) is 16.9 Å². The molecule has 0 aliphatic rings. The summed E-state index contributed by atoms with van der Waals surface area (Å²) in [4.78, 5) is 10.6. The zero-order valence-corrected chi connectivity index (χ0v) is 12.6. The minimum atomic E-state index is 0.0838. The second kappa shape index (κ2) is 7.01. The SMILES string of the molecule is N#Cc1ccc2ncc(CN(CCO)Cc3cccnc3)n2c1. The van der Waals surface area contributed by atoms with Gasteiger partial charge in [0.1, 0.15) is 11.7 Å². The number of rotatable bonds is 6. The Balaban J connectivity index is 1.84. The highest BCUT2D eigenvalue weighted by Gasteiger charge is 2.11. The van der Waals surface area contributed by atoms with E-state index in [1.54, 1.807) is 18.5 Å². The lowest BCUT2D eigenvalue weighted by Gasteiger charge is -2.21. The van der Waals surface area contributed by atoms with Crippen molar-refractivity contribution in [2.75, 3.05) is 13.2 Å². The zero-order chi connectivity index (χ0) is 16.1. The van der Waals surface area contributed by atoms with E-state index in [9.17, 15) is 5.11 Å². The predicted octanol–water partition coefficient (Wildman–Crippen LogP) is 1.60. The number of imidazole rings is 1. The maximum absolute atomic E-state index is 9.32. The van der Waals surface area contributed by atoms with Gasteiger partial charge in [-0.2, -0.15) is 5.26 Å². The monoisotopic (exact) mass is 307 g/mol. The van der Waals surface area contributed by atoms with Crippen LogP contribution in [0.4, 0.5) is 0 Å². The van der Waals surface area contributed by atoms with Crippen molar-refractivity contribution in [1.29, 1.82) is 5.26 Å². The van der Waals surface area contributed by atoms with Crippen molar-refractivity contribution in [2.24, 2.45) is 0 Å². The van der Waals surface area contributed by atoms with Gasteiger partial charge in [0.05, 0.1) is 24.1 Å². The highest BCUT2D eigenvalue weighted by molar-refractivity contribution is 5.44. The highest BCUT2D eigenvalue weighted by atomic mass is 16.3. The van der Waals surface area contributed by atoms with E-state index < -0.39 is 0 Å². The van der Waals surface area contributed by atoms with Crippen LogP contribution in [0.1, 0.15) is 16.8 Å². The van der Waals surface area contributed by atoms with Crippen LogP contribution in [0.3, 0.4) is 0 Å². The molecule has 23 heavy (non-hydrogen) atoms. The lowest BCUT2D eigenvalue weighted by Crippen LogP contribution is -2.26. The Hall–Kier alpha value is -2.75. The van der Waals surface area contributed by atoms with Crippen LogP contribution in [0.5, 0.6) is 0 Å². The van der Waals surface area contributed by atoms with E-state index >= 15 is 0 Å². The number of hydrogen-bond donors (Lipinski definition) is 1. The van der Waals surface area contributed by atoms with Gasteiger partial charge in [-0.3, -0.25) is 9.88 Å². The molecule has 0 spiro atoms. The molecular formula is C17H17N5O. The summed E-state index contributed by atoms with van der Waals surface area (Å²) in [6.07, 6.45) is 7.17. The van der Waals surface area contributed by atoms with E-state index in [0.29, 0.717) is 25.2 Å². The third-order valence-corrected chi connectivity index (χ3v) is 3.64. The summed E-state index contributed by atoms with van der Waals surface area (Å²) in [7, 11) is 0. The van der Waals surface area contributed by atoms with Crippen LogP contribution in [-0.4, -0.2) is 37.5 Å². The molecule has 0 amide bonds. The number of hydrogen-bond acceptors (Lipinski definition) is 5. The minimum absolute atomic E-state index is 0.0838. The molecular weight excluding hydrogens is 290 g/mol. The third-order valence-electron chi connectivity index (χ3n) is 3.64. The molecule has 6 nitrogen and oxygen atoms in total. The van der Waals surface area contributed by atoms with Gasteiger partial charge in [0.25, 0.3) is 0 Å². The van der Waals surface area contributed by atoms with Gasteiger partial charge in [-0.05, 0) is 23.8 Å². The summed E-state index contributed by atoms with van der Waals surface area (Å²) in [5.41, 5.74) is 3.48. The molecule has 1 N–H and O–H groups in total. The van der Waals surface area contributed by atoms with Crippen LogP contribution in [-0.2, 0) is 13.1 Å².